The Morgan fingerprint density at radius 1 is 1.24 bits per heavy atom. The van der Waals surface area contributed by atoms with Crippen LogP contribution in [-0.4, -0.2) is 57.0 Å². The van der Waals surface area contributed by atoms with Crippen molar-refractivity contribution in [2.24, 2.45) is 17.3 Å². The quantitative estimate of drug-likeness (QED) is 0.381. The first-order valence-corrected chi connectivity index (χ1v) is 13.5. The Balaban J connectivity index is 2.39. The van der Waals surface area contributed by atoms with Gasteiger partial charge in [0.2, 0.25) is 0 Å². The lowest BCUT2D eigenvalue weighted by Gasteiger charge is -2.34. The van der Waals surface area contributed by atoms with Gasteiger partial charge in [-0.05, 0) is 42.9 Å². The first-order chi connectivity index (χ1) is 17.4. The van der Waals surface area contributed by atoms with E-state index < -0.39 is 48.7 Å². The van der Waals surface area contributed by atoms with E-state index in [1.165, 1.54) is 11.3 Å². The Morgan fingerprint density at radius 3 is 2.57 bits per heavy atom. The number of hydrogen-bond acceptors (Lipinski definition) is 8. The number of cyclic esters (lactones) is 1. The molecule has 0 bridgehead atoms. The Hall–Kier alpha value is -2.20. The van der Waals surface area contributed by atoms with Gasteiger partial charge in [-0.2, -0.15) is 0 Å². The number of Topliss-reactive ketones (excluding diaryl/α,β-unsaturated/α-hetero) is 1. The monoisotopic (exact) mass is 537 g/mol. The van der Waals surface area contributed by atoms with Crippen LogP contribution in [0.2, 0.25) is 0 Å². The number of nitrogens with zero attached hydrogens (tertiary/aromatic N) is 1. The van der Waals surface area contributed by atoms with Gasteiger partial charge in [-0.1, -0.05) is 45.9 Å². The molecule has 0 radical (unpaired) electrons. The molecule has 0 saturated carbocycles. The van der Waals surface area contributed by atoms with Crippen LogP contribution < -0.4 is 0 Å². The highest BCUT2D eigenvalue weighted by molar-refractivity contribution is 7.09. The smallest absolute Gasteiger partial charge is 0.309 e. The molecule has 206 valence electrons. The van der Waals surface area contributed by atoms with Crippen molar-refractivity contribution in [2.75, 3.05) is 6.67 Å². The summed E-state index contributed by atoms with van der Waals surface area (Å²) in [5.41, 5.74) is 0.522. The predicted molar refractivity (Wildman–Crippen MR) is 142 cm³/mol. The zero-order chi connectivity index (χ0) is 27.8. The number of aliphatic hydroxyl groups is 3. The molecule has 9 heteroatoms. The van der Waals surface area contributed by atoms with Crippen molar-refractivity contribution in [3.8, 4) is 0 Å². The molecule has 7 nitrogen and oxygen atoms in total. The molecule has 1 aromatic rings. The van der Waals surface area contributed by atoms with Gasteiger partial charge >= 0.3 is 5.97 Å². The topological polar surface area (TPSA) is 117 Å². The molecule has 0 unspecified atom stereocenters. The van der Waals surface area contributed by atoms with Crippen LogP contribution in [0, 0.1) is 17.3 Å². The van der Waals surface area contributed by atoms with Gasteiger partial charge in [0.1, 0.15) is 23.6 Å². The number of aromatic nitrogens is 1. The van der Waals surface area contributed by atoms with Crippen LogP contribution >= 0.6 is 11.3 Å². The lowest BCUT2D eigenvalue weighted by Crippen LogP contribution is -2.45. The largest absolute Gasteiger partial charge is 0.457 e. The third-order valence-electron chi connectivity index (χ3n) is 7.05. The number of aliphatic hydroxyl groups excluding tert-OH is 3. The van der Waals surface area contributed by atoms with Gasteiger partial charge in [0.25, 0.3) is 0 Å². The minimum Gasteiger partial charge on any atom is -0.457 e. The summed E-state index contributed by atoms with van der Waals surface area (Å²) in [5, 5.41) is 33.2. The second-order valence-electron chi connectivity index (χ2n) is 10.4. The molecular weight excluding hydrogens is 497 g/mol. The van der Waals surface area contributed by atoms with E-state index in [9.17, 15) is 29.3 Å². The average molecular weight is 538 g/mol. The average Bonchev–Trinajstić information content (AvgIpc) is 3.32. The van der Waals surface area contributed by atoms with Crippen LogP contribution in [0.3, 0.4) is 0 Å². The van der Waals surface area contributed by atoms with Crippen molar-refractivity contribution in [3.05, 3.63) is 45.5 Å². The molecule has 2 heterocycles. The first-order valence-electron chi connectivity index (χ1n) is 12.6. The van der Waals surface area contributed by atoms with E-state index in [2.05, 4.69) is 4.98 Å². The number of rotatable bonds is 4. The zero-order valence-electron chi connectivity index (χ0n) is 22.3. The summed E-state index contributed by atoms with van der Waals surface area (Å²) in [5.74, 6) is -2.00. The van der Waals surface area contributed by atoms with Gasteiger partial charge in [0.05, 0.1) is 36.3 Å². The summed E-state index contributed by atoms with van der Waals surface area (Å²) in [4.78, 5) is 30.4. The number of carbonyl (C=O) groups excluding carboxylic acids is 2. The predicted octanol–water partition coefficient (Wildman–Crippen LogP) is 4.57. The van der Waals surface area contributed by atoms with Crippen LogP contribution in [-0.2, 0) is 20.9 Å². The molecule has 0 aliphatic carbocycles. The number of carbonyl (C=O) groups is 2. The fourth-order valence-corrected chi connectivity index (χ4v) is 4.90. The second-order valence-corrected chi connectivity index (χ2v) is 11.3. The standard InChI is InChI=1S/C28H40FNO6S/c1-17-8-6-7-9-20(14-29)10-11-22(18(2)12-21-16-37-24(15-31)30-21)36-25(33)13-23(32)28(4,5)27(35)19(3)26(17)34/h6-7,10,12,16-17,19,22-23,26,31-32,34H,8-9,11,13-15H2,1-5H3/b7-6?,18-12+,20-10+/t17-,19+,22-,23-,26-/m0/s1. The van der Waals surface area contributed by atoms with Crippen molar-refractivity contribution in [2.45, 2.75) is 85.2 Å². The highest BCUT2D eigenvalue weighted by Crippen LogP contribution is 2.32. The van der Waals surface area contributed by atoms with E-state index in [0.29, 0.717) is 34.7 Å². The number of halogens is 1. The molecule has 5 atom stereocenters. The third kappa shape index (κ3) is 8.67. The third-order valence-corrected chi connectivity index (χ3v) is 7.90. The number of alkyl halides is 1. The maximum atomic E-state index is 13.7. The van der Waals surface area contributed by atoms with Crippen molar-refractivity contribution < 1.29 is 34.0 Å². The number of ketones is 1. The van der Waals surface area contributed by atoms with E-state index in [1.54, 1.807) is 45.2 Å². The molecule has 1 aromatic heterocycles. The van der Waals surface area contributed by atoms with Gasteiger partial charge in [0, 0.05) is 17.7 Å². The van der Waals surface area contributed by atoms with E-state index in [-0.39, 0.29) is 24.7 Å². The lowest BCUT2D eigenvalue weighted by molar-refractivity contribution is -0.154. The van der Waals surface area contributed by atoms with Crippen molar-refractivity contribution in [3.63, 3.8) is 0 Å². The molecule has 0 saturated heterocycles. The summed E-state index contributed by atoms with van der Waals surface area (Å²) in [6.45, 7) is 7.54. The van der Waals surface area contributed by atoms with E-state index >= 15 is 0 Å². The number of hydrogen-bond donors (Lipinski definition) is 3. The van der Waals surface area contributed by atoms with Gasteiger partial charge in [-0.15, -0.1) is 11.3 Å². The molecule has 1 aliphatic rings. The molecule has 37 heavy (non-hydrogen) atoms. The zero-order valence-corrected chi connectivity index (χ0v) is 23.1. The van der Waals surface area contributed by atoms with E-state index in [0.717, 1.165) is 0 Å². The Labute approximate surface area is 222 Å². The highest BCUT2D eigenvalue weighted by atomic mass is 32.1. The SMILES string of the molecule is C/C(=C\c1csc(CO)n1)[C@@H]1C/C=C(/CF)CC=CC[C@H](C)[C@H](O)[C@@H](C)C(=O)C(C)(C)[C@@H](O)CC(=O)O1. The highest BCUT2D eigenvalue weighted by Gasteiger charge is 2.42. The Bertz CT molecular complexity index is 1010. The van der Waals surface area contributed by atoms with Crippen molar-refractivity contribution in [1.82, 2.24) is 4.98 Å². The Kier molecular flexibility index (Phi) is 11.8. The van der Waals surface area contributed by atoms with Crippen LogP contribution in [0.4, 0.5) is 4.39 Å². The fourth-order valence-electron chi connectivity index (χ4n) is 4.29. The summed E-state index contributed by atoms with van der Waals surface area (Å²) in [7, 11) is 0. The van der Waals surface area contributed by atoms with Gasteiger partial charge in [-0.25, -0.2) is 9.37 Å². The van der Waals surface area contributed by atoms with E-state index in [1.807, 2.05) is 19.1 Å². The molecule has 3 N–H and O–H groups in total. The number of ether oxygens (including phenoxy) is 1. The summed E-state index contributed by atoms with van der Waals surface area (Å²) >= 11 is 1.31. The van der Waals surface area contributed by atoms with E-state index in [4.69, 9.17) is 4.74 Å². The molecule has 0 aromatic carbocycles. The van der Waals surface area contributed by atoms with Crippen molar-refractivity contribution >= 4 is 29.2 Å². The lowest BCUT2D eigenvalue weighted by atomic mass is 9.73. The minimum atomic E-state index is -1.32. The number of allylic oxidation sites excluding steroid dienone is 3. The minimum absolute atomic E-state index is 0.174. The van der Waals surface area contributed by atoms with Gasteiger partial charge in [-0.3, -0.25) is 9.59 Å². The molecule has 0 spiro atoms. The molecule has 1 aliphatic heterocycles. The van der Waals surface area contributed by atoms with Gasteiger partial charge < -0.3 is 20.1 Å². The summed E-state index contributed by atoms with van der Waals surface area (Å²) < 4.78 is 19.4. The van der Waals surface area contributed by atoms with Gasteiger partial charge in [0.15, 0.2) is 0 Å². The molecule has 0 fully saturated rings. The fraction of sp³-hybridized carbons (Fsp3) is 0.607. The second kappa shape index (κ2) is 14.1. The number of esters is 1. The van der Waals surface area contributed by atoms with Crippen molar-refractivity contribution in [1.29, 1.82) is 0 Å². The first kappa shape index (κ1) is 31.0. The summed E-state index contributed by atoms with van der Waals surface area (Å²) in [6, 6.07) is 0. The normalized spacial score (nSPS) is 30.4. The number of thiazole rings is 1. The maximum absolute atomic E-state index is 13.7. The Morgan fingerprint density at radius 2 is 1.95 bits per heavy atom. The summed E-state index contributed by atoms with van der Waals surface area (Å²) in [6.07, 6.45) is 4.87. The van der Waals surface area contributed by atoms with Crippen LogP contribution in [0.1, 0.15) is 71.0 Å². The van der Waals surface area contributed by atoms with Crippen LogP contribution in [0.25, 0.3) is 6.08 Å². The molecular formula is C28H40FNO6S. The molecule has 2 rings (SSSR count). The van der Waals surface area contributed by atoms with Crippen LogP contribution in [0.5, 0.6) is 0 Å². The molecule has 0 amide bonds. The van der Waals surface area contributed by atoms with Crippen LogP contribution in [0.15, 0.2) is 34.8 Å². The maximum Gasteiger partial charge on any atom is 0.309 e.